The zero-order chi connectivity index (χ0) is 13.2. The van der Waals surface area contributed by atoms with E-state index in [1.54, 1.807) is 18.5 Å². The van der Waals surface area contributed by atoms with Gasteiger partial charge in [-0.1, -0.05) is 29.3 Å². The van der Waals surface area contributed by atoms with Gasteiger partial charge in [-0.05, 0) is 12.1 Å². The maximum absolute atomic E-state index is 6.12. The van der Waals surface area contributed by atoms with Gasteiger partial charge >= 0.3 is 0 Å². The highest BCUT2D eigenvalue weighted by atomic mass is 35.5. The van der Waals surface area contributed by atoms with Gasteiger partial charge in [-0.2, -0.15) is 0 Å². The topological polar surface area (TPSA) is 66.5 Å². The molecule has 5 nitrogen and oxygen atoms in total. The first kappa shape index (κ1) is 12.2. The minimum atomic E-state index is 0.476. The van der Waals surface area contributed by atoms with Crippen LogP contribution in [-0.2, 0) is 6.54 Å². The van der Waals surface area contributed by atoms with Crippen LogP contribution < -0.4 is 5.32 Å². The number of rotatable bonds is 3. The molecule has 0 fully saturated rings. The van der Waals surface area contributed by atoms with Crippen molar-refractivity contribution in [2.24, 2.45) is 0 Å². The summed E-state index contributed by atoms with van der Waals surface area (Å²) in [6.45, 7) is 0.476. The number of aromatic nitrogens is 4. The van der Waals surface area contributed by atoms with E-state index in [9.17, 15) is 0 Å². The van der Waals surface area contributed by atoms with Crippen LogP contribution in [-0.4, -0.2) is 19.9 Å². The third-order valence-electron chi connectivity index (χ3n) is 2.72. The molecular formula is C12H9Cl2N5. The molecule has 0 aliphatic heterocycles. The van der Waals surface area contributed by atoms with E-state index in [1.807, 2.05) is 6.07 Å². The molecule has 96 valence electrons. The van der Waals surface area contributed by atoms with Gasteiger partial charge in [0, 0.05) is 22.2 Å². The van der Waals surface area contributed by atoms with Crippen molar-refractivity contribution in [1.82, 2.24) is 19.9 Å². The molecule has 2 heterocycles. The molecule has 0 saturated carbocycles. The predicted molar refractivity (Wildman–Crippen MR) is 75.5 cm³/mol. The van der Waals surface area contributed by atoms with Gasteiger partial charge in [-0.3, -0.25) is 0 Å². The lowest BCUT2D eigenvalue weighted by atomic mass is 10.2. The Morgan fingerprint density at radius 3 is 2.68 bits per heavy atom. The first-order valence-electron chi connectivity index (χ1n) is 5.56. The number of halogens is 2. The number of nitrogens with zero attached hydrogens (tertiary/aromatic N) is 3. The van der Waals surface area contributed by atoms with E-state index in [-0.39, 0.29) is 0 Å². The Morgan fingerprint density at radius 1 is 1.11 bits per heavy atom. The highest BCUT2D eigenvalue weighted by molar-refractivity contribution is 6.36. The molecular weight excluding hydrogens is 285 g/mol. The molecule has 1 aromatic carbocycles. The van der Waals surface area contributed by atoms with Crippen LogP contribution >= 0.6 is 23.2 Å². The van der Waals surface area contributed by atoms with E-state index >= 15 is 0 Å². The molecule has 0 saturated heterocycles. The average molecular weight is 294 g/mol. The number of hydrogen-bond acceptors (Lipinski definition) is 4. The summed E-state index contributed by atoms with van der Waals surface area (Å²) in [4.78, 5) is 15.3. The van der Waals surface area contributed by atoms with Gasteiger partial charge in [0.1, 0.15) is 11.8 Å². The van der Waals surface area contributed by atoms with Crippen LogP contribution in [0.15, 0.2) is 30.9 Å². The highest BCUT2D eigenvalue weighted by Crippen LogP contribution is 2.25. The van der Waals surface area contributed by atoms with Gasteiger partial charge in [0.05, 0.1) is 6.33 Å². The molecule has 0 spiro atoms. The van der Waals surface area contributed by atoms with Crippen LogP contribution in [0.25, 0.3) is 11.2 Å². The summed E-state index contributed by atoms with van der Waals surface area (Å²) >= 11 is 12.2. The van der Waals surface area contributed by atoms with E-state index in [2.05, 4.69) is 25.3 Å². The molecule has 0 aliphatic rings. The normalized spacial score (nSPS) is 10.8. The maximum atomic E-state index is 6.12. The second kappa shape index (κ2) is 5.03. The summed E-state index contributed by atoms with van der Waals surface area (Å²) in [6, 6.07) is 5.42. The van der Waals surface area contributed by atoms with Crippen molar-refractivity contribution in [3.8, 4) is 0 Å². The molecule has 2 N–H and O–H groups in total. The van der Waals surface area contributed by atoms with Crippen molar-refractivity contribution < 1.29 is 0 Å². The fourth-order valence-electron chi connectivity index (χ4n) is 1.77. The molecule has 3 aromatic rings. The molecule has 0 bridgehead atoms. The molecule has 0 atom stereocenters. The van der Waals surface area contributed by atoms with Gasteiger partial charge in [0.15, 0.2) is 11.5 Å². The highest BCUT2D eigenvalue weighted by Gasteiger charge is 2.08. The van der Waals surface area contributed by atoms with Gasteiger partial charge in [-0.15, -0.1) is 0 Å². The lowest BCUT2D eigenvalue weighted by Crippen LogP contribution is -2.03. The number of hydrogen-bond donors (Lipinski definition) is 2. The SMILES string of the molecule is Clc1cccc(Cl)c1CNc1ncnc2nc[nH]c12. The number of imidazole rings is 1. The second-order valence-electron chi connectivity index (χ2n) is 3.88. The molecule has 19 heavy (non-hydrogen) atoms. The predicted octanol–water partition coefficient (Wildman–Crippen LogP) is 3.27. The smallest absolute Gasteiger partial charge is 0.182 e. The van der Waals surface area contributed by atoms with Gasteiger partial charge in [0.2, 0.25) is 0 Å². The number of H-pyrrole nitrogens is 1. The van der Waals surface area contributed by atoms with Crippen molar-refractivity contribution in [1.29, 1.82) is 0 Å². The van der Waals surface area contributed by atoms with Gasteiger partial charge in [-0.25, -0.2) is 15.0 Å². The summed E-state index contributed by atoms with van der Waals surface area (Å²) < 4.78 is 0. The van der Waals surface area contributed by atoms with Gasteiger partial charge in [0.25, 0.3) is 0 Å². The monoisotopic (exact) mass is 293 g/mol. The van der Waals surface area contributed by atoms with Crippen molar-refractivity contribution in [2.75, 3.05) is 5.32 Å². The Morgan fingerprint density at radius 2 is 1.89 bits per heavy atom. The molecule has 0 amide bonds. The van der Waals surface area contributed by atoms with Crippen LogP contribution in [0, 0.1) is 0 Å². The van der Waals surface area contributed by atoms with Crippen LogP contribution in [0.2, 0.25) is 10.0 Å². The van der Waals surface area contributed by atoms with Crippen molar-refractivity contribution in [3.05, 3.63) is 46.5 Å². The fourth-order valence-corrected chi connectivity index (χ4v) is 2.30. The Bertz CT molecular complexity index is 705. The van der Waals surface area contributed by atoms with E-state index in [1.165, 1.54) is 6.33 Å². The zero-order valence-electron chi connectivity index (χ0n) is 9.69. The Labute approximate surface area is 119 Å². The number of anilines is 1. The third kappa shape index (κ3) is 2.34. The summed E-state index contributed by atoms with van der Waals surface area (Å²) in [7, 11) is 0. The zero-order valence-corrected chi connectivity index (χ0v) is 11.2. The van der Waals surface area contributed by atoms with Crippen LogP contribution in [0.3, 0.4) is 0 Å². The van der Waals surface area contributed by atoms with Gasteiger partial charge < -0.3 is 10.3 Å². The Balaban J connectivity index is 1.88. The Hall–Kier alpha value is -1.85. The first-order chi connectivity index (χ1) is 9.25. The summed E-state index contributed by atoms with van der Waals surface area (Å²) in [5, 5.41) is 4.42. The summed E-state index contributed by atoms with van der Waals surface area (Å²) in [6.07, 6.45) is 3.03. The largest absolute Gasteiger partial charge is 0.364 e. The van der Waals surface area contributed by atoms with Crippen molar-refractivity contribution >= 4 is 40.2 Å². The summed E-state index contributed by atoms with van der Waals surface area (Å²) in [5.74, 6) is 0.665. The van der Waals surface area contributed by atoms with E-state index in [4.69, 9.17) is 23.2 Å². The second-order valence-corrected chi connectivity index (χ2v) is 4.69. The third-order valence-corrected chi connectivity index (χ3v) is 3.43. The molecule has 0 radical (unpaired) electrons. The molecule has 2 aromatic heterocycles. The van der Waals surface area contributed by atoms with Crippen LogP contribution in [0.4, 0.5) is 5.82 Å². The van der Waals surface area contributed by atoms with E-state index < -0.39 is 0 Å². The fraction of sp³-hybridized carbons (Fsp3) is 0.0833. The Kier molecular flexibility index (Phi) is 3.23. The lowest BCUT2D eigenvalue weighted by molar-refractivity contribution is 1.10. The number of nitrogens with one attached hydrogen (secondary N) is 2. The first-order valence-corrected chi connectivity index (χ1v) is 6.32. The number of fused-ring (bicyclic) bond motifs is 1. The minimum Gasteiger partial charge on any atom is -0.364 e. The average Bonchev–Trinajstić information content (AvgIpc) is 2.87. The van der Waals surface area contributed by atoms with Crippen LogP contribution in [0.5, 0.6) is 0 Å². The van der Waals surface area contributed by atoms with E-state index in [0.717, 1.165) is 11.1 Å². The molecule has 0 unspecified atom stereocenters. The molecule has 3 rings (SSSR count). The maximum Gasteiger partial charge on any atom is 0.182 e. The number of aromatic amines is 1. The van der Waals surface area contributed by atoms with Crippen molar-refractivity contribution in [2.45, 2.75) is 6.54 Å². The summed E-state index contributed by atoms with van der Waals surface area (Å²) in [5.41, 5.74) is 2.20. The molecule has 0 aliphatic carbocycles. The van der Waals surface area contributed by atoms with E-state index in [0.29, 0.717) is 28.1 Å². The lowest BCUT2D eigenvalue weighted by Gasteiger charge is -2.09. The minimum absolute atomic E-state index is 0.476. The van der Waals surface area contributed by atoms with Crippen LogP contribution in [0.1, 0.15) is 5.56 Å². The van der Waals surface area contributed by atoms with Crippen molar-refractivity contribution in [3.63, 3.8) is 0 Å². The number of benzene rings is 1. The quantitative estimate of drug-likeness (QED) is 0.778. The standard InChI is InChI=1S/C12H9Cl2N5/c13-8-2-1-3-9(14)7(8)4-15-11-10-12(17-5-16-10)19-6-18-11/h1-3,5-6H,4H2,(H2,15,16,17,18,19). The molecule has 7 heteroatoms.